The Kier molecular flexibility index (Phi) is 11.2. The molecule has 0 bridgehead atoms. The molecule has 0 heterocycles. The summed E-state index contributed by atoms with van der Waals surface area (Å²) in [6.07, 6.45) is 9.75. The van der Waals surface area contributed by atoms with Gasteiger partial charge in [0.2, 0.25) is 0 Å². The van der Waals surface area contributed by atoms with Gasteiger partial charge in [-0.1, -0.05) is 37.1 Å². The van der Waals surface area contributed by atoms with Crippen LogP contribution in [0.4, 0.5) is 0 Å². The molecule has 0 aromatic carbocycles. The van der Waals surface area contributed by atoms with Crippen LogP contribution in [0, 0.1) is 5.92 Å². The largest absolute Gasteiger partial charge is 0.344 e. The van der Waals surface area contributed by atoms with Crippen LogP contribution in [0.15, 0.2) is 23.3 Å². The first-order valence-electron chi connectivity index (χ1n) is 5.90. The van der Waals surface area contributed by atoms with Crippen molar-refractivity contribution in [2.24, 2.45) is 5.92 Å². The van der Waals surface area contributed by atoms with Crippen molar-refractivity contribution in [2.45, 2.75) is 60.3 Å². The minimum atomic E-state index is 0. The molecular formula is C14H29N. The normalized spacial score (nSPS) is 11.2. The van der Waals surface area contributed by atoms with Gasteiger partial charge >= 0.3 is 0 Å². The lowest BCUT2D eigenvalue weighted by Crippen LogP contribution is -1.92. The first kappa shape index (κ1) is 16.9. The number of allylic oxidation sites excluding steroid dienone is 4. The molecule has 0 unspecified atom stereocenters. The number of rotatable bonds is 6. The van der Waals surface area contributed by atoms with Crippen molar-refractivity contribution in [1.29, 1.82) is 0 Å². The van der Waals surface area contributed by atoms with Crippen LogP contribution < -0.4 is 6.15 Å². The molecule has 3 N–H and O–H groups in total. The summed E-state index contributed by atoms with van der Waals surface area (Å²) in [6, 6.07) is 0. The van der Waals surface area contributed by atoms with Gasteiger partial charge in [0.25, 0.3) is 0 Å². The fourth-order valence-corrected chi connectivity index (χ4v) is 1.60. The van der Waals surface area contributed by atoms with E-state index in [4.69, 9.17) is 0 Å². The average molecular weight is 211 g/mol. The maximum absolute atomic E-state index is 2.46. The average Bonchev–Trinajstić information content (AvgIpc) is 2.13. The van der Waals surface area contributed by atoms with Gasteiger partial charge in [0, 0.05) is 0 Å². The zero-order chi connectivity index (χ0) is 11.0. The zero-order valence-electron chi connectivity index (χ0n) is 11.3. The first-order valence-corrected chi connectivity index (χ1v) is 5.90. The van der Waals surface area contributed by atoms with Crippen molar-refractivity contribution >= 4 is 0 Å². The van der Waals surface area contributed by atoms with Gasteiger partial charge in [-0.3, -0.25) is 0 Å². The topological polar surface area (TPSA) is 35.0 Å². The third kappa shape index (κ3) is 9.74. The summed E-state index contributed by atoms with van der Waals surface area (Å²) in [5.74, 6) is 0.793. The molecule has 0 rings (SSSR count). The quantitative estimate of drug-likeness (QED) is 0.596. The molecule has 15 heavy (non-hydrogen) atoms. The van der Waals surface area contributed by atoms with Crippen molar-refractivity contribution in [3.05, 3.63) is 23.3 Å². The summed E-state index contributed by atoms with van der Waals surface area (Å²) in [6.45, 7) is 11.1. The van der Waals surface area contributed by atoms with E-state index >= 15 is 0 Å². The highest BCUT2D eigenvalue weighted by Gasteiger charge is 1.99. The van der Waals surface area contributed by atoms with Gasteiger partial charge in [0.1, 0.15) is 0 Å². The van der Waals surface area contributed by atoms with Crippen molar-refractivity contribution < 1.29 is 0 Å². The van der Waals surface area contributed by atoms with E-state index in [1.54, 1.807) is 5.57 Å². The van der Waals surface area contributed by atoms with E-state index in [9.17, 15) is 0 Å². The van der Waals surface area contributed by atoms with Crippen molar-refractivity contribution in [3.8, 4) is 0 Å². The lowest BCUT2D eigenvalue weighted by atomic mass is 9.98. The van der Waals surface area contributed by atoms with Gasteiger partial charge in [-0.05, 0) is 52.4 Å². The highest BCUT2D eigenvalue weighted by molar-refractivity contribution is 5.03. The Morgan fingerprint density at radius 2 is 1.60 bits per heavy atom. The van der Waals surface area contributed by atoms with Crippen LogP contribution >= 0.6 is 0 Å². The van der Waals surface area contributed by atoms with Gasteiger partial charge in [0.15, 0.2) is 0 Å². The molecule has 0 fully saturated rings. The molecule has 90 valence electrons. The maximum atomic E-state index is 2.46. The van der Waals surface area contributed by atoms with Crippen LogP contribution in [-0.4, -0.2) is 0 Å². The van der Waals surface area contributed by atoms with E-state index in [0.29, 0.717) is 0 Å². The minimum Gasteiger partial charge on any atom is -0.344 e. The van der Waals surface area contributed by atoms with Crippen molar-refractivity contribution in [1.82, 2.24) is 6.15 Å². The van der Waals surface area contributed by atoms with Crippen LogP contribution in [0.3, 0.4) is 0 Å². The van der Waals surface area contributed by atoms with Gasteiger partial charge in [-0.15, -0.1) is 0 Å². The Bertz CT molecular complexity index is 193. The van der Waals surface area contributed by atoms with Crippen molar-refractivity contribution in [2.75, 3.05) is 0 Å². The van der Waals surface area contributed by atoms with Crippen LogP contribution in [0.2, 0.25) is 0 Å². The van der Waals surface area contributed by atoms with Gasteiger partial charge in [-0.2, -0.15) is 0 Å². The summed E-state index contributed by atoms with van der Waals surface area (Å²) in [7, 11) is 0. The van der Waals surface area contributed by atoms with Gasteiger partial charge in [-0.25, -0.2) is 0 Å². The Labute approximate surface area is 96.2 Å². The Morgan fingerprint density at radius 1 is 1.07 bits per heavy atom. The Balaban J connectivity index is 0. The maximum Gasteiger partial charge on any atom is -0.0236 e. The molecule has 0 amide bonds. The van der Waals surface area contributed by atoms with E-state index in [0.717, 1.165) is 5.92 Å². The molecule has 0 saturated heterocycles. The Morgan fingerprint density at radius 3 is 2.00 bits per heavy atom. The number of hydrogen-bond acceptors (Lipinski definition) is 1. The predicted molar refractivity (Wildman–Crippen MR) is 71.5 cm³/mol. The molecule has 0 spiro atoms. The SMILES string of the molecule is CCC(C=C(C)CCC=C(C)C)CC.N. The summed E-state index contributed by atoms with van der Waals surface area (Å²) >= 11 is 0. The number of hydrogen-bond donors (Lipinski definition) is 1. The molecule has 0 aliphatic heterocycles. The van der Waals surface area contributed by atoms with E-state index in [2.05, 4.69) is 46.8 Å². The monoisotopic (exact) mass is 211 g/mol. The molecule has 1 nitrogen and oxygen atoms in total. The second kappa shape index (κ2) is 9.97. The summed E-state index contributed by atoms with van der Waals surface area (Å²) in [5.41, 5.74) is 2.98. The summed E-state index contributed by atoms with van der Waals surface area (Å²) < 4.78 is 0. The Hall–Kier alpha value is -0.560. The molecule has 1 heteroatoms. The van der Waals surface area contributed by atoms with Crippen LogP contribution in [0.25, 0.3) is 0 Å². The van der Waals surface area contributed by atoms with Crippen LogP contribution in [0.5, 0.6) is 0 Å². The second-order valence-electron chi connectivity index (χ2n) is 4.41. The molecule has 0 aliphatic rings. The van der Waals surface area contributed by atoms with E-state index in [1.165, 1.54) is 31.3 Å². The summed E-state index contributed by atoms with van der Waals surface area (Å²) in [5, 5.41) is 0. The smallest absolute Gasteiger partial charge is 0.0236 e. The molecule has 0 saturated carbocycles. The van der Waals surface area contributed by atoms with E-state index in [1.807, 2.05) is 0 Å². The summed E-state index contributed by atoms with van der Waals surface area (Å²) in [4.78, 5) is 0. The third-order valence-electron chi connectivity index (χ3n) is 2.66. The highest BCUT2D eigenvalue weighted by Crippen LogP contribution is 2.15. The molecule has 0 aromatic heterocycles. The van der Waals surface area contributed by atoms with Gasteiger partial charge < -0.3 is 6.15 Å². The lowest BCUT2D eigenvalue weighted by molar-refractivity contribution is 0.599. The molecular weight excluding hydrogens is 182 g/mol. The van der Waals surface area contributed by atoms with E-state index < -0.39 is 0 Å². The van der Waals surface area contributed by atoms with Crippen molar-refractivity contribution in [3.63, 3.8) is 0 Å². The third-order valence-corrected chi connectivity index (χ3v) is 2.66. The minimum absolute atomic E-state index is 0. The first-order chi connectivity index (χ1) is 6.60. The molecule has 0 atom stereocenters. The predicted octanol–water partition coefficient (Wildman–Crippen LogP) is 5.28. The zero-order valence-corrected chi connectivity index (χ0v) is 11.3. The lowest BCUT2D eigenvalue weighted by Gasteiger charge is -2.08. The highest BCUT2D eigenvalue weighted by atomic mass is 14.0. The second-order valence-corrected chi connectivity index (χ2v) is 4.41. The standard InChI is InChI=1S/C14H26.H3N/c1-6-14(7-2)11-13(5)10-8-9-12(3)4;/h9,11,14H,6-8,10H2,1-5H3;1H3. The van der Waals surface area contributed by atoms with Crippen LogP contribution in [-0.2, 0) is 0 Å². The molecule has 0 radical (unpaired) electrons. The fourth-order valence-electron chi connectivity index (χ4n) is 1.60. The molecule has 0 aromatic rings. The van der Waals surface area contributed by atoms with Crippen LogP contribution in [0.1, 0.15) is 60.3 Å². The fraction of sp³-hybridized carbons (Fsp3) is 0.714. The van der Waals surface area contributed by atoms with Gasteiger partial charge in [0.05, 0.1) is 0 Å². The molecule has 0 aliphatic carbocycles. The van der Waals surface area contributed by atoms with E-state index in [-0.39, 0.29) is 6.15 Å².